The van der Waals surface area contributed by atoms with Crippen molar-refractivity contribution in [2.75, 3.05) is 13.7 Å². The predicted octanol–water partition coefficient (Wildman–Crippen LogP) is 1.99. The maximum atomic E-state index is 10.2. The molecule has 0 amide bonds. The Bertz CT molecular complexity index is 85.1. The Kier molecular flexibility index (Phi) is 10.5. The van der Waals surface area contributed by atoms with E-state index in [-0.39, 0.29) is 12.4 Å². The monoisotopic (exact) mass is 168 g/mol. The number of hydrogen-bond acceptors (Lipinski definition) is 3. The minimum absolute atomic E-state index is 0. The number of methoxy groups -OCH3 is 1. The quantitative estimate of drug-likeness (QED) is 0.478. The highest BCUT2D eigenvalue weighted by molar-refractivity contribution is 5.85. The van der Waals surface area contributed by atoms with Gasteiger partial charge in [0.15, 0.2) is 0 Å². The second kappa shape index (κ2) is 8.56. The van der Waals surface area contributed by atoms with Crippen LogP contribution in [-0.2, 0) is 9.47 Å². The summed E-state index contributed by atoms with van der Waals surface area (Å²) < 4.78 is 8.81. The second-order valence-electron chi connectivity index (χ2n) is 1.66. The lowest BCUT2D eigenvalue weighted by Crippen LogP contribution is -2.04. The zero-order valence-corrected chi connectivity index (χ0v) is 7.07. The molecule has 0 rings (SSSR count). The number of carbonyl (C=O) groups excluding carboxylic acids is 1. The summed E-state index contributed by atoms with van der Waals surface area (Å²) in [5.41, 5.74) is 0. The first-order valence-corrected chi connectivity index (χ1v) is 3.02. The zero-order chi connectivity index (χ0) is 7.11. The van der Waals surface area contributed by atoms with Crippen molar-refractivity contribution in [1.29, 1.82) is 0 Å². The van der Waals surface area contributed by atoms with Gasteiger partial charge >= 0.3 is 6.16 Å². The predicted molar refractivity (Wildman–Crippen MR) is 40.5 cm³/mol. The Hall–Kier alpha value is -0.440. The smallest absolute Gasteiger partial charge is 0.438 e. The van der Waals surface area contributed by atoms with Gasteiger partial charge in [-0.15, -0.1) is 12.4 Å². The zero-order valence-electron chi connectivity index (χ0n) is 6.25. The molecular weight excluding hydrogens is 156 g/mol. The molecule has 0 aliphatic carbocycles. The van der Waals surface area contributed by atoms with Crippen molar-refractivity contribution in [3.8, 4) is 0 Å². The van der Waals surface area contributed by atoms with E-state index in [1.807, 2.05) is 6.92 Å². The number of unbranched alkanes of at least 4 members (excludes halogenated alkanes) is 1. The molecule has 0 aromatic carbocycles. The molecule has 0 aliphatic heterocycles. The highest BCUT2D eigenvalue weighted by Crippen LogP contribution is 1.89. The number of ether oxygens (including phenoxy) is 2. The maximum Gasteiger partial charge on any atom is 0.507 e. The first kappa shape index (κ1) is 12.3. The van der Waals surface area contributed by atoms with Gasteiger partial charge < -0.3 is 9.47 Å². The molecule has 0 unspecified atom stereocenters. The van der Waals surface area contributed by atoms with Crippen LogP contribution < -0.4 is 0 Å². The van der Waals surface area contributed by atoms with Crippen molar-refractivity contribution in [2.45, 2.75) is 19.8 Å². The minimum atomic E-state index is -0.594. The lowest BCUT2D eigenvalue weighted by molar-refractivity contribution is 0.0717. The average Bonchev–Trinajstić information content (AvgIpc) is 1.89. The molecule has 0 atom stereocenters. The molecule has 3 nitrogen and oxygen atoms in total. The molecule has 0 fully saturated rings. The Morgan fingerprint density at radius 2 is 2.10 bits per heavy atom. The third-order valence-electron chi connectivity index (χ3n) is 0.884. The average molecular weight is 169 g/mol. The maximum absolute atomic E-state index is 10.2. The normalized spacial score (nSPS) is 7.80. The largest absolute Gasteiger partial charge is 0.507 e. The molecule has 4 heteroatoms. The van der Waals surface area contributed by atoms with Crippen molar-refractivity contribution < 1.29 is 14.3 Å². The van der Waals surface area contributed by atoms with E-state index >= 15 is 0 Å². The fourth-order valence-corrected chi connectivity index (χ4v) is 0.359. The Morgan fingerprint density at radius 3 is 2.50 bits per heavy atom. The number of hydrogen-bond donors (Lipinski definition) is 0. The van der Waals surface area contributed by atoms with E-state index in [0.29, 0.717) is 6.61 Å². The minimum Gasteiger partial charge on any atom is -0.438 e. The van der Waals surface area contributed by atoms with Crippen LogP contribution in [0, 0.1) is 0 Å². The third-order valence-corrected chi connectivity index (χ3v) is 0.884. The van der Waals surface area contributed by atoms with Gasteiger partial charge in [-0.25, -0.2) is 4.79 Å². The van der Waals surface area contributed by atoms with Crippen LogP contribution in [-0.4, -0.2) is 19.9 Å². The van der Waals surface area contributed by atoms with Gasteiger partial charge in [0.05, 0.1) is 13.7 Å². The summed E-state index contributed by atoms with van der Waals surface area (Å²) in [5, 5.41) is 0. The molecule has 0 aromatic heterocycles. The van der Waals surface area contributed by atoms with E-state index < -0.39 is 6.16 Å². The number of carbonyl (C=O) groups is 1. The SMILES string of the molecule is CCCCOC(=O)OC.Cl. The molecule has 0 saturated heterocycles. The summed E-state index contributed by atoms with van der Waals surface area (Å²) in [6.45, 7) is 2.49. The Labute approximate surface area is 67.1 Å². The molecule has 0 radical (unpaired) electrons. The summed E-state index contributed by atoms with van der Waals surface area (Å²) >= 11 is 0. The number of rotatable bonds is 3. The highest BCUT2D eigenvalue weighted by atomic mass is 35.5. The standard InChI is InChI=1S/C6H12O3.ClH/c1-3-4-5-9-6(7)8-2;/h3-5H2,1-2H3;1H. The van der Waals surface area contributed by atoms with Gasteiger partial charge in [0.2, 0.25) is 0 Å². The van der Waals surface area contributed by atoms with Crippen LogP contribution in [0.4, 0.5) is 4.79 Å². The highest BCUT2D eigenvalue weighted by Gasteiger charge is 1.96. The van der Waals surface area contributed by atoms with Crippen LogP contribution >= 0.6 is 12.4 Å². The van der Waals surface area contributed by atoms with Gasteiger partial charge in [-0.3, -0.25) is 0 Å². The topological polar surface area (TPSA) is 35.5 Å². The van der Waals surface area contributed by atoms with E-state index in [2.05, 4.69) is 9.47 Å². The lowest BCUT2D eigenvalue weighted by atomic mass is 10.4. The molecule has 10 heavy (non-hydrogen) atoms. The first-order chi connectivity index (χ1) is 4.31. The second-order valence-corrected chi connectivity index (χ2v) is 1.66. The van der Waals surface area contributed by atoms with Crippen molar-refractivity contribution in [2.24, 2.45) is 0 Å². The van der Waals surface area contributed by atoms with Gasteiger partial charge in [-0.1, -0.05) is 13.3 Å². The van der Waals surface area contributed by atoms with Crippen LogP contribution in [0.5, 0.6) is 0 Å². The molecule has 0 heterocycles. The summed E-state index contributed by atoms with van der Waals surface area (Å²) in [7, 11) is 1.30. The van der Waals surface area contributed by atoms with E-state index in [0.717, 1.165) is 12.8 Å². The fraction of sp³-hybridized carbons (Fsp3) is 0.833. The molecule has 62 valence electrons. The molecule has 0 spiro atoms. The lowest BCUT2D eigenvalue weighted by Gasteiger charge is -1.99. The van der Waals surface area contributed by atoms with Gasteiger partial charge in [-0.05, 0) is 6.42 Å². The van der Waals surface area contributed by atoms with Crippen molar-refractivity contribution in [3.63, 3.8) is 0 Å². The molecule has 0 bridgehead atoms. The molecular formula is C6H13ClO3. The molecule has 0 N–H and O–H groups in total. The molecule has 0 aliphatic rings. The molecule has 0 aromatic rings. The third kappa shape index (κ3) is 7.56. The van der Waals surface area contributed by atoms with Crippen molar-refractivity contribution in [3.05, 3.63) is 0 Å². The summed E-state index contributed by atoms with van der Waals surface area (Å²) in [4.78, 5) is 10.2. The fourth-order valence-electron chi connectivity index (χ4n) is 0.359. The van der Waals surface area contributed by atoms with Crippen molar-refractivity contribution in [1.82, 2.24) is 0 Å². The molecule has 0 saturated carbocycles. The van der Waals surface area contributed by atoms with Gasteiger partial charge in [0.25, 0.3) is 0 Å². The van der Waals surface area contributed by atoms with Gasteiger partial charge in [0, 0.05) is 0 Å². The van der Waals surface area contributed by atoms with E-state index in [4.69, 9.17) is 0 Å². The Morgan fingerprint density at radius 1 is 1.50 bits per heavy atom. The van der Waals surface area contributed by atoms with Gasteiger partial charge in [-0.2, -0.15) is 0 Å². The Balaban J connectivity index is 0. The van der Waals surface area contributed by atoms with Crippen molar-refractivity contribution >= 4 is 18.6 Å². The first-order valence-electron chi connectivity index (χ1n) is 3.02. The van der Waals surface area contributed by atoms with E-state index in [9.17, 15) is 4.79 Å². The van der Waals surface area contributed by atoms with E-state index in [1.165, 1.54) is 7.11 Å². The van der Waals surface area contributed by atoms with Crippen LogP contribution in [0.1, 0.15) is 19.8 Å². The van der Waals surface area contributed by atoms with Crippen LogP contribution in [0.3, 0.4) is 0 Å². The number of halogens is 1. The van der Waals surface area contributed by atoms with Crippen LogP contribution in [0.25, 0.3) is 0 Å². The van der Waals surface area contributed by atoms with Crippen LogP contribution in [0.15, 0.2) is 0 Å². The van der Waals surface area contributed by atoms with Gasteiger partial charge in [0.1, 0.15) is 0 Å². The summed E-state index contributed by atoms with van der Waals surface area (Å²) in [6, 6.07) is 0. The van der Waals surface area contributed by atoms with E-state index in [1.54, 1.807) is 0 Å². The summed E-state index contributed by atoms with van der Waals surface area (Å²) in [5.74, 6) is 0. The summed E-state index contributed by atoms with van der Waals surface area (Å²) in [6.07, 6.45) is 1.33. The van der Waals surface area contributed by atoms with Crippen LogP contribution in [0.2, 0.25) is 0 Å².